The lowest BCUT2D eigenvalue weighted by atomic mass is 10.2. The van der Waals surface area contributed by atoms with Gasteiger partial charge in [-0.1, -0.05) is 12.1 Å². The molecule has 8 heteroatoms. The fourth-order valence-corrected chi connectivity index (χ4v) is 3.32. The maximum atomic E-state index is 11.0. The molecule has 0 amide bonds. The van der Waals surface area contributed by atoms with Crippen molar-refractivity contribution in [3.63, 3.8) is 0 Å². The minimum atomic E-state index is -0.529. The van der Waals surface area contributed by atoms with Crippen LogP contribution in [0.1, 0.15) is 11.1 Å². The first kappa shape index (κ1) is 18.8. The van der Waals surface area contributed by atoms with Crippen molar-refractivity contribution in [1.82, 2.24) is 4.98 Å². The smallest absolute Gasteiger partial charge is 0.271 e. The molecule has 0 radical (unpaired) electrons. The van der Waals surface area contributed by atoms with E-state index in [2.05, 4.69) is 25.9 Å². The number of halogens is 1. The summed E-state index contributed by atoms with van der Waals surface area (Å²) in [5.74, 6) is 0.405. The number of benzene rings is 3. The van der Waals surface area contributed by atoms with E-state index in [4.69, 9.17) is 4.42 Å². The van der Waals surface area contributed by atoms with Crippen molar-refractivity contribution >= 4 is 44.6 Å². The Morgan fingerprint density at radius 2 is 1.97 bits per heavy atom. The van der Waals surface area contributed by atoms with E-state index in [0.29, 0.717) is 11.6 Å². The van der Waals surface area contributed by atoms with Crippen LogP contribution in [0.15, 0.2) is 68.5 Å². The number of phenols is 1. The van der Waals surface area contributed by atoms with Gasteiger partial charge in [-0.15, -0.1) is 0 Å². The second-order valence-electron chi connectivity index (χ2n) is 6.37. The zero-order chi connectivity index (χ0) is 20.5. The summed E-state index contributed by atoms with van der Waals surface area (Å²) in [6.07, 6.45) is 1.38. The van der Waals surface area contributed by atoms with Crippen LogP contribution < -0.4 is 0 Å². The van der Waals surface area contributed by atoms with E-state index in [9.17, 15) is 15.2 Å². The van der Waals surface area contributed by atoms with Crippen molar-refractivity contribution in [2.45, 2.75) is 6.92 Å². The highest BCUT2D eigenvalue weighted by molar-refractivity contribution is 9.10. The van der Waals surface area contributed by atoms with Gasteiger partial charge in [-0.25, -0.2) is 4.98 Å². The Bertz CT molecular complexity index is 1260. The zero-order valence-electron chi connectivity index (χ0n) is 15.2. The molecule has 1 heterocycles. The monoisotopic (exact) mass is 451 g/mol. The van der Waals surface area contributed by atoms with Crippen LogP contribution in [0.25, 0.3) is 22.6 Å². The van der Waals surface area contributed by atoms with E-state index in [1.165, 1.54) is 18.3 Å². The number of para-hydroxylation sites is 1. The van der Waals surface area contributed by atoms with Gasteiger partial charge in [0.1, 0.15) is 11.3 Å². The van der Waals surface area contributed by atoms with Gasteiger partial charge in [0, 0.05) is 29.5 Å². The standard InChI is InChI=1S/C21H14BrN3O4/c1-12-3-2-4-18-19(12)24-21(29-18)13-5-7-15(8-6-13)23-11-14-9-16(25(27)28)10-17(22)20(14)26/h2-11,26H,1H3. The van der Waals surface area contributed by atoms with Crippen molar-refractivity contribution in [2.24, 2.45) is 4.99 Å². The van der Waals surface area contributed by atoms with Crippen LogP contribution >= 0.6 is 15.9 Å². The molecule has 0 fully saturated rings. The number of non-ortho nitro benzene ring substituents is 1. The number of oxazole rings is 1. The van der Waals surface area contributed by atoms with E-state index in [-0.39, 0.29) is 21.5 Å². The van der Waals surface area contributed by atoms with Crippen LogP contribution in [0.2, 0.25) is 0 Å². The molecule has 4 rings (SSSR count). The number of aromatic nitrogens is 1. The van der Waals surface area contributed by atoms with Crippen LogP contribution in [0.3, 0.4) is 0 Å². The van der Waals surface area contributed by atoms with Gasteiger partial charge >= 0.3 is 0 Å². The predicted molar refractivity (Wildman–Crippen MR) is 114 cm³/mol. The Morgan fingerprint density at radius 3 is 2.66 bits per heavy atom. The van der Waals surface area contributed by atoms with E-state index in [1.54, 1.807) is 12.1 Å². The van der Waals surface area contributed by atoms with Gasteiger partial charge in [0.15, 0.2) is 5.58 Å². The van der Waals surface area contributed by atoms with Gasteiger partial charge in [0.05, 0.1) is 15.1 Å². The zero-order valence-corrected chi connectivity index (χ0v) is 16.8. The Balaban J connectivity index is 1.61. The Hall–Kier alpha value is -3.52. The number of rotatable bonds is 4. The molecular formula is C21H14BrN3O4. The number of phenolic OH excluding ortho intramolecular Hbond substituents is 1. The van der Waals surface area contributed by atoms with Gasteiger partial charge < -0.3 is 9.52 Å². The average Bonchev–Trinajstić information content (AvgIpc) is 3.15. The topological polar surface area (TPSA) is 102 Å². The SMILES string of the molecule is Cc1cccc2oc(-c3ccc(N=Cc4cc([N+](=O)[O-])cc(Br)c4O)cc3)nc12. The summed E-state index contributed by atoms with van der Waals surface area (Å²) in [5.41, 5.74) is 4.12. The van der Waals surface area contributed by atoms with Crippen LogP contribution in [0.5, 0.6) is 5.75 Å². The third-order valence-corrected chi connectivity index (χ3v) is 4.98. The van der Waals surface area contributed by atoms with Gasteiger partial charge in [-0.05, 0) is 58.7 Å². The van der Waals surface area contributed by atoms with Crippen LogP contribution in [0, 0.1) is 17.0 Å². The molecule has 0 aliphatic carbocycles. The van der Waals surface area contributed by atoms with E-state index in [0.717, 1.165) is 22.2 Å². The maximum Gasteiger partial charge on any atom is 0.271 e. The Kier molecular flexibility index (Phi) is 4.85. The minimum absolute atomic E-state index is 0.113. The number of nitrogens with zero attached hydrogens (tertiary/aromatic N) is 3. The lowest BCUT2D eigenvalue weighted by molar-refractivity contribution is -0.385. The molecular weight excluding hydrogens is 438 g/mol. The molecule has 7 nitrogen and oxygen atoms in total. The first-order valence-electron chi connectivity index (χ1n) is 8.60. The molecule has 1 aromatic heterocycles. The highest BCUT2D eigenvalue weighted by Gasteiger charge is 2.14. The van der Waals surface area contributed by atoms with Crippen LogP contribution in [-0.2, 0) is 0 Å². The number of fused-ring (bicyclic) bond motifs is 1. The van der Waals surface area contributed by atoms with Crippen molar-refractivity contribution in [3.05, 3.63) is 80.3 Å². The van der Waals surface area contributed by atoms with Crippen LogP contribution in [-0.4, -0.2) is 21.2 Å². The number of aliphatic imine (C=N–C) groups is 1. The van der Waals surface area contributed by atoms with Crippen molar-refractivity contribution in [1.29, 1.82) is 0 Å². The second-order valence-corrected chi connectivity index (χ2v) is 7.22. The highest BCUT2D eigenvalue weighted by atomic mass is 79.9. The Morgan fingerprint density at radius 1 is 1.21 bits per heavy atom. The predicted octanol–water partition coefficient (Wildman–Crippen LogP) is 5.93. The summed E-state index contributed by atoms with van der Waals surface area (Å²) in [7, 11) is 0. The van der Waals surface area contributed by atoms with Crippen LogP contribution in [0.4, 0.5) is 11.4 Å². The molecule has 0 aliphatic heterocycles. The second kappa shape index (κ2) is 7.48. The van der Waals surface area contributed by atoms with Crippen molar-refractivity contribution < 1.29 is 14.4 Å². The first-order chi connectivity index (χ1) is 13.9. The lowest BCUT2D eigenvalue weighted by Gasteiger charge is -2.02. The number of aromatic hydroxyl groups is 1. The third kappa shape index (κ3) is 3.74. The number of aryl methyl sites for hydroxylation is 1. The lowest BCUT2D eigenvalue weighted by Crippen LogP contribution is -1.91. The molecule has 0 spiro atoms. The summed E-state index contributed by atoms with van der Waals surface area (Å²) in [4.78, 5) is 19.3. The number of hydrogen-bond acceptors (Lipinski definition) is 6. The maximum absolute atomic E-state index is 11.0. The molecule has 29 heavy (non-hydrogen) atoms. The van der Waals surface area contributed by atoms with E-state index in [1.807, 2.05) is 37.3 Å². The molecule has 1 N–H and O–H groups in total. The number of nitro benzene ring substituents is 1. The van der Waals surface area contributed by atoms with E-state index < -0.39 is 4.92 Å². The van der Waals surface area contributed by atoms with Gasteiger partial charge in [0.2, 0.25) is 5.89 Å². The molecule has 0 saturated carbocycles. The fraction of sp³-hybridized carbons (Fsp3) is 0.0476. The number of nitro groups is 1. The largest absolute Gasteiger partial charge is 0.506 e. The summed E-state index contributed by atoms with van der Waals surface area (Å²) < 4.78 is 6.05. The minimum Gasteiger partial charge on any atom is -0.506 e. The first-order valence-corrected chi connectivity index (χ1v) is 9.39. The summed E-state index contributed by atoms with van der Waals surface area (Å²) in [6, 6.07) is 15.5. The summed E-state index contributed by atoms with van der Waals surface area (Å²) in [5, 5.41) is 21.1. The van der Waals surface area contributed by atoms with Crippen molar-refractivity contribution in [2.75, 3.05) is 0 Å². The normalized spacial score (nSPS) is 11.4. The molecule has 0 saturated heterocycles. The number of hydrogen-bond donors (Lipinski definition) is 1. The van der Waals surface area contributed by atoms with Gasteiger partial charge in [0.25, 0.3) is 5.69 Å². The van der Waals surface area contributed by atoms with E-state index >= 15 is 0 Å². The Labute approximate surface area is 173 Å². The molecule has 4 aromatic rings. The summed E-state index contributed by atoms with van der Waals surface area (Å²) >= 11 is 3.11. The fourth-order valence-electron chi connectivity index (χ4n) is 2.85. The molecule has 0 aliphatic rings. The van der Waals surface area contributed by atoms with Gasteiger partial charge in [-0.2, -0.15) is 0 Å². The molecule has 0 bridgehead atoms. The molecule has 0 atom stereocenters. The average molecular weight is 452 g/mol. The van der Waals surface area contributed by atoms with Gasteiger partial charge in [-0.3, -0.25) is 15.1 Å². The third-order valence-electron chi connectivity index (χ3n) is 4.38. The molecule has 0 unspecified atom stereocenters. The van der Waals surface area contributed by atoms with Crippen molar-refractivity contribution in [3.8, 4) is 17.2 Å². The quantitative estimate of drug-likeness (QED) is 0.235. The molecule has 3 aromatic carbocycles. The highest BCUT2D eigenvalue weighted by Crippen LogP contribution is 2.32. The summed E-state index contributed by atoms with van der Waals surface area (Å²) in [6.45, 7) is 1.98. The molecule has 144 valence electrons.